The third kappa shape index (κ3) is 3.50. The Labute approximate surface area is 165 Å². The zero-order valence-electron chi connectivity index (χ0n) is 16.7. The molecule has 0 amide bonds. The molecule has 0 aliphatic carbocycles. The molecule has 0 aliphatic heterocycles. The van der Waals surface area contributed by atoms with Crippen LogP contribution in [0.25, 0.3) is 32.9 Å². The minimum absolute atomic E-state index is 0.767. The van der Waals surface area contributed by atoms with Gasteiger partial charge in [0.05, 0.1) is 16.5 Å². The summed E-state index contributed by atoms with van der Waals surface area (Å²) in [6.45, 7) is 7.00. The molecule has 0 spiro atoms. The molecule has 144 valence electrons. The molecule has 5 heteroatoms. The van der Waals surface area contributed by atoms with Gasteiger partial charge in [-0.25, -0.2) is 0 Å². The van der Waals surface area contributed by atoms with E-state index >= 15 is 0 Å². The fraction of sp³-hybridized carbons (Fsp3) is 0.174. The largest absolute Gasteiger partial charge is 0.399 e. The number of aryl methyl sites for hydroxylation is 1. The number of hydrazine groups is 2. The smallest absolute Gasteiger partial charge is 0.220 e. The minimum atomic E-state index is 0.767. The van der Waals surface area contributed by atoms with Crippen LogP contribution < -0.4 is 27.1 Å². The molecular formula is C23H28N5+. The number of anilines is 2. The highest BCUT2D eigenvalue weighted by atomic mass is 15.5. The van der Waals surface area contributed by atoms with Crippen molar-refractivity contribution in [1.29, 1.82) is 0 Å². The Bertz CT molecular complexity index is 1090. The maximum atomic E-state index is 6.10. The van der Waals surface area contributed by atoms with E-state index in [-0.39, 0.29) is 0 Å². The predicted molar refractivity (Wildman–Crippen MR) is 119 cm³/mol. The molecule has 1 heterocycles. The molecule has 0 radical (unpaired) electrons. The fourth-order valence-corrected chi connectivity index (χ4v) is 3.64. The Balaban J connectivity index is 0.00000109. The number of nitrogen functional groups attached to an aromatic ring is 1. The Morgan fingerprint density at radius 3 is 2.25 bits per heavy atom. The first kappa shape index (κ1) is 19.6. The van der Waals surface area contributed by atoms with Crippen LogP contribution in [0, 0.1) is 0 Å². The molecule has 0 atom stereocenters. The van der Waals surface area contributed by atoms with Crippen molar-refractivity contribution in [3.05, 3.63) is 66.7 Å². The molecular weight excluding hydrogens is 346 g/mol. The van der Waals surface area contributed by atoms with Gasteiger partial charge >= 0.3 is 0 Å². The average molecular weight is 375 g/mol. The van der Waals surface area contributed by atoms with Gasteiger partial charge in [0.2, 0.25) is 11.2 Å². The van der Waals surface area contributed by atoms with Crippen molar-refractivity contribution >= 4 is 33.1 Å². The molecule has 3 aromatic carbocycles. The van der Waals surface area contributed by atoms with Gasteiger partial charge in [-0.05, 0) is 43.3 Å². The third-order valence-corrected chi connectivity index (χ3v) is 4.73. The summed E-state index contributed by atoms with van der Waals surface area (Å²) in [7, 11) is 0. The van der Waals surface area contributed by atoms with Crippen LogP contribution in [-0.4, -0.2) is 0 Å². The fourth-order valence-electron chi connectivity index (χ4n) is 3.64. The molecule has 0 bridgehead atoms. The standard InChI is InChI=1S/C21H21N5.C2H6/c1-2-26-20-12-15(22)8-10-18(20)17-11-9-16(24-25-23)13-19(17)21(26)14-6-4-3-5-7-14;1-2/h3-13,22,24-25H,2,23H2,1H3;1-2H3/p+1. The monoisotopic (exact) mass is 374 g/mol. The van der Waals surface area contributed by atoms with Gasteiger partial charge in [0.15, 0.2) is 0 Å². The average Bonchev–Trinajstić information content (AvgIpc) is 2.74. The van der Waals surface area contributed by atoms with Crippen LogP contribution in [0.4, 0.5) is 11.4 Å². The molecule has 0 saturated carbocycles. The molecule has 1 aromatic heterocycles. The number of hydrogen-bond acceptors (Lipinski definition) is 4. The second-order valence-electron chi connectivity index (χ2n) is 6.27. The van der Waals surface area contributed by atoms with Gasteiger partial charge in [0, 0.05) is 22.7 Å². The molecule has 28 heavy (non-hydrogen) atoms. The van der Waals surface area contributed by atoms with Crippen LogP contribution in [0.15, 0.2) is 66.7 Å². The molecule has 5 nitrogen and oxygen atoms in total. The van der Waals surface area contributed by atoms with Gasteiger partial charge in [0.25, 0.3) is 0 Å². The summed E-state index contributed by atoms with van der Waals surface area (Å²) in [5.74, 6) is 5.44. The van der Waals surface area contributed by atoms with Crippen molar-refractivity contribution in [1.82, 2.24) is 5.53 Å². The number of pyridine rings is 1. The first-order valence-corrected chi connectivity index (χ1v) is 9.68. The summed E-state index contributed by atoms with van der Waals surface area (Å²) < 4.78 is 2.32. The number of rotatable bonds is 4. The summed E-state index contributed by atoms with van der Waals surface area (Å²) in [6, 6.07) is 22.8. The van der Waals surface area contributed by atoms with Crippen LogP contribution in [0.5, 0.6) is 0 Å². The number of nitrogens with one attached hydrogen (secondary N) is 2. The van der Waals surface area contributed by atoms with Crippen molar-refractivity contribution in [2.24, 2.45) is 5.84 Å². The maximum Gasteiger partial charge on any atom is 0.220 e. The lowest BCUT2D eigenvalue weighted by molar-refractivity contribution is -0.655. The minimum Gasteiger partial charge on any atom is -0.399 e. The van der Waals surface area contributed by atoms with E-state index in [4.69, 9.17) is 11.6 Å². The zero-order chi connectivity index (χ0) is 20.1. The lowest BCUT2D eigenvalue weighted by Crippen LogP contribution is -2.36. The SMILES string of the molecule is CC.CC[n+]1c(-c2ccccc2)c2cc(NNN)ccc2c2ccc(N)cc21. The van der Waals surface area contributed by atoms with Crippen molar-refractivity contribution in [2.45, 2.75) is 27.3 Å². The highest BCUT2D eigenvalue weighted by Gasteiger charge is 2.22. The van der Waals surface area contributed by atoms with Crippen LogP contribution in [0.1, 0.15) is 20.8 Å². The summed E-state index contributed by atoms with van der Waals surface area (Å²) >= 11 is 0. The Morgan fingerprint density at radius 1 is 0.857 bits per heavy atom. The quantitative estimate of drug-likeness (QED) is 0.141. The molecule has 0 unspecified atom stereocenters. The summed E-state index contributed by atoms with van der Waals surface area (Å²) in [5, 5.41) is 3.53. The van der Waals surface area contributed by atoms with Crippen LogP contribution in [0.2, 0.25) is 0 Å². The van der Waals surface area contributed by atoms with E-state index in [1.54, 1.807) is 0 Å². The van der Waals surface area contributed by atoms with Crippen molar-refractivity contribution < 1.29 is 4.57 Å². The Morgan fingerprint density at radius 2 is 1.57 bits per heavy atom. The van der Waals surface area contributed by atoms with Gasteiger partial charge in [-0.3, -0.25) is 5.84 Å². The van der Waals surface area contributed by atoms with E-state index < -0.39 is 0 Å². The number of nitrogens with zero attached hydrogens (tertiary/aromatic N) is 1. The normalized spacial score (nSPS) is 10.6. The highest BCUT2D eigenvalue weighted by Crippen LogP contribution is 2.33. The highest BCUT2D eigenvalue weighted by molar-refractivity contribution is 6.10. The molecule has 0 saturated heterocycles. The number of fused-ring (bicyclic) bond motifs is 3. The van der Waals surface area contributed by atoms with Crippen molar-refractivity contribution in [2.75, 3.05) is 11.2 Å². The Hall–Kier alpha value is -3.15. The van der Waals surface area contributed by atoms with Gasteiger partial charge in [-0.1, -0.05) is 38.1 Å². The van der Waals surface area contributed by atoms with E-state index in [9.17, 15) is 0 Å². The van der Waals surface area contributed by atoms with Crippen LogP contribution in [-0.2, 0) is 6.54 Å². The van der Waals surface area contributed by atoms with Crippen LogP contribution >= 0.6 is 0 Å². The molecule has 0 fully saturated rings. The third-order valence-electron chi connectivity index (χ3n) is 4.73. The molecule has 4 aromatic rings. The first-order chi connectivity index (χ1) is 13.7. The molecule has 4 rings (SSSR count). The van der Waals surface area contributed by atoms with Gasteiger partial charge in [0.1, 0.15) is 6.54 Å². The summed E-state index contributed by atoms with van der Waals surface area (Å²) in [6.07, 6.45) is 0. The lowest BCUT2D eigenvalue weighted by Gasteiger charge is -2.13. The Kier molecular flexibility index (Phi) is 6.09. The van der Waals surface area contributed by atoms with E-state index in [0.29, 0.717) is 0 Å². The summed E-state index contributed by atoms with van der Waals surface area (Å²) in [5.41, 5.74) is 16.7. The van der Waals surface area contributed by atoms with Gasteiger partial charge < -0.3 is 11.2 Å². The van der Waals surface area contributed by atoms with E-state index in [2.05, 4.69) is 71.0 Å². The van der Waals surface area contributed by atoms with Gasteiger partial charge in [-0.2, -0.15) is 10.1 Å². The molecule has 0 aliphatic rings. The van der Waals surface area contributed by atoms with Crippen molar-refractivity contribution in [3.8, 4) is 11.3 Å². The second-order valence-corrected chi connectivity index (χ2v) is 6.27. The second kappa shape index (κ2) is 8.69. The number of benzene rings is 3. The van der Waals surface area contributed by atoms with Crippen LogP contribution in [0.3, 0.4) is 0 Å². The van der Waals surface area contributed by atoms with E-state index in [1.807, 2.05) is 32.0 Å². The topological polar surface area (TPSA) is 80.0 Å². The zero-order valence-corrected chi connectivity index (χ0v) is 16.7. The lowest BCUT2D eigenvalue weighted by atomic mass is 9.98. The van der Waals surface area contributed by atoms with E-state index in [1.165, 1.54) is 22.0 Å². The maximum absolute atomic E-state index is 6.10. The van der Waals surface area contributed by atoms with E-state index in [0.717, 1.165) is 28.8 Å². The summed E-state index contributed by atoms with van der Waals surface area (Å²) in [4.78, 5) is 0. The van der Waals surface area contributed by atoms with Gasteiger partial charge in [-0.15, -0.1) is 0 Å². The predicted octanol–water partition coefficient (Wildman–Crippen LogP) is 4.37. The van der Waals surface area contributed by atoms with Crippen molar-refractivity contribution in [3.63, 3.8) is 0 Å². The number of nitrogens with two attached hydrogens (primary N) is 2. The molecule has 6 N–H and O–H groups in total. The first-order valence-electron chi connectivity index (χ1n) is 9.68. The number of hydrogen-bond donors (Lipinski definition) is 4. The number of aromatic nitrogens is 1.